The van der Waals surface area contributed by atoms with Gasteiger partial charge in [-0.05, 0) is 35.4 Å². The predicted molar refractivity (Wildman–Crippen MR) is 102 cm³/mol. The molecule has 0 aliphatic carbocycles. The van der Waals surface area contributed by atoms with Crippen molar-refractivity contribution in [1.29, 1.82) is 0 Å². The lowest BCUT2D eigenvalue weighted by Gasteiger charge is -2.10. The van der Waals surface area contributed by atoms with E-state index >= 15 is 0 Å². The number of halogens is 1. The molecule has 0 N–H and O–H groups in total. The Bertz CT molecular complexity index is 956. The van der Waals surface area contributed by atoms with E-state index in [0.29, 0.717) is 0 Å². The van der Waals surface area contributed by atoms with E-state index in [-0.39, 0.29) is 0 Å². The second kappa shape index (κ2) is 6.62. The fourth-order valence-electron chi connectivity index (χ4n) is 2.99. The number of fused-ring (bicyclic) bond motifs is 1. The van der Waals surface area contributed by atoms with Crippen LogP contribution in [-0.2, 0) is 13.0 Å². The number of nitrogens with zero attached hydrogens (tertiary/aromatic N) is 2. The summed E-state index contributed by atoms with van der Waals surface area (Å²) in [5, 5.41) is 0. The first kappa shape index (κ1) is 15.2. The molecule has 3 aromatic carbocycles. The van der Waals surface area contributed by atoms with Gasteiger partial charge in [0.05, 0.1) is 11.0 Å². The molecule has 0 amide bonds. The molecule has 4 aromatic rings. The highest BCUT2D eigenvalue weighted by Crippen LogP contribution is 2.21. The molecule has 0 bridgehead atoms. The summed E-state index contributed by atoms with van der Waals surface area (Å²) in [5.74, 6) is 1.10. The maximum absolute atomic E-state index is 4.88. The van der Waals surface area contributed by atoms with Gasteiger partial charge in [0, 0.05) is 17.4 Å². The maximum atomic E-state index is 4.88. The van der Waals surface area contributed by atoms with Crippen LogP contribution in [0.3, 0.4) is 0 Å². The first-order chi connectivity index (χ1) is 11.8. The largest absolute Gasteiger partial charge is 0.323 e. The molecule has 0 unspecified atom stereocenters. The molecule has 0 radical (unpaired) electrons. The van der Waals surface area contributed by atoms with Gasteiger partial charge in [0.15, 0.2) is 0 Å². The van der Waals surface area contributed by atoms with E-state index in [1.165, 1.54) is 16.6 Å². The van der Waals surface area contributed by atoms with Gasteiger partial charge in [-0.25, -0.2) is 4.98 Å². The van der Waals surface area contributed by atoms with Crippen LogP contribution in [0.4, 0.5) is 0 Å². The van der Waals surface area contributed by atoms with Crippen LogP contribution in [0.15, 0.2) is 83.3 Å². The molecular formula is C21H17BrN2. The molecule has 0 aliphatic heterocycles. The molecule has 0 saturated carbocycles. The zero-order chi connectivity index (χ0) is 16.4. The van der Waals surface area contributed by atoms with Crippen LogP contribution in [0, 0.1) is 0 Å². The summed E-state index contributed by atoms with van der Waals surface area (Å²) >= 11 is 3.50. The SMILES string of the molecule is Brc1ccc(Cn2c(Cc3ccccc3)nc3ccccc32)cc1. The molecule has 0 spiro atoms. The Balaban J connectivity index is 1.76. The van der Waals surface area contributed by atoms with Crippen molar-refractivity contribution in [1.82, 2.24) is 9.55 Å². The van der Waals surface area contributed by atoms with E-state index < -0.39 is 0 Å². The van der Waals surface area contributed by atoms with Crippen molar-refractivity contribution in [2.75, 3.05) is 0 Å². The van der Waals surface area contributed by atoms with E-state index in [4.69, 9.17) is 4.98 Å². The van der Waals surface area contributed by atoms with Crippen molar-refractivity contribution >= 4 is 27.0 Å². The van der Waals surface area contributed by atoms with Gasteiger partial charge in [0.1, 0.15) is 5.82 Å². The third-order valence-electron chi connectivity index (χ3n) is 4.19. The molecule has 4 rings (SSSR count). The average Bonchev–Trinajstić information content (AvgIpc) is 2.95. The first-order valence-corrected chi connectivity index (χ1v) is 8.81. The molecule has 24 heavy (non-hydrogen) atoms. The van der Waals surface area contributed by atoms with Crippen molar-refractivity contribution in [2.45, 2.75) is 13.0 Å². The maximum Gasteiger partial charge on any atom is 0.114 e. The van der Waals surface area contributed by atoms with Gasteiger partial charge in [-0.2, -0.15) is 0 Å². The Morgan fingerprint density at radius 1 is 0.750 bits per heavy atom. The van der Waals surface area contributed by atoms with E-state index in [2.05, 4.69) is 87.2 Å². The van der Waals surface area contributed by atoms with Gasteiger partial charge in [-0.3, -0.25) is 0 Å². The first-order valence-electron chi connectivity index (χ1n) is 8.02. The van der Waals surface area contributed by atoms with Crippen molar-refractivity contribution in [3.05, 3.63) is 100 Å². The lowest BCUT2D eigenvalue weighted by Crippen LogP contribution is -2.06. The number of aromatic nitrogens is 2. The quantitative estimate of drug-likeness (QED) is 0.463. The molecule has 2 nitrogen and oxygen atoms in total. The van der Waals surface area contributed by atoms with Crippen molar-refractivity contribution in [3.8, 4) is 0 Å². The predicted octanol–water partition coefficient (Wildman–Crippen LogP) is 5.44. The van der Waals surface area contributed by atoms with Gasteiger partial charge in [-0.15, -0.1) is 0 Å². The molecule has 118 valence electrons. The fourth-order valence-corrected chi connectivity index (χ4v) is 3.25. The topological polar surface area (TPSA) is 17.8 Å². The van der Waals surface area contributed by atoms with E-state index in [1.54, 1.807) is 0 Å². The minimum Gasteiger partial charge on any atom is -0.323 e. The zero-order valence-electron chi connectivity index (χ0n) is 13.2. The highest BCUT2D eigenvalue weighted by molar-refractivity contribution is 9.10. The summed E-state index contributed by atoms with van der Waals surface area (Å²) in [6, 6.07) is 27.4. The van der Waals surface area contributed by atoms with Gasteiger partial charge in [0.2, 0.25) is 0 Å². The summed E-state index contributed by atoms with van der Waals surface area (Å²) in [4.78, 5) is 4.88. The van der Waals surface area contributed by atoms with Crippen LogP contribution in [0.25, 0.3) is 11.0 Å². The van der Waals surface area contributed by atoms with Crippen LogP contribution in [0.5, 0.6) is 0 Å². The molecule has 0 atom stereocenters. The normalized spacial score (nSPS) is 11.0. The summed E-state index contributed by atoms with van der Waals surface area (Å²) in [6.07, 6.45) is 0.839. The zero-order valence-corrected chi connectivity index (χ0v) is 14.8. The second-order valence-electron chi connectivity index (χ2n) is 5.89. The van der Waals surface area contributed by atoms with E-state index in [0.717, 1.165) is 28.8 Å². The monoisotopic (exact) mass is 376 g/mol. The second-order valence-corrected chi connectivity index (χ2v) is 6.81. The smallest absolute Gasteiger partial charge is 0.114 e. The van der Waals surface area contributed by atoms with Gasteiger partial charge < -0.3 is 4.57 Å². The lowest BCUT2D eigenvalue weighted by atomic mass is 10.1. The molecule has 3 heteroatoms. The Hall–Kier alpha value is -2.39. The summed E-state index contributed by atoms with van der Waals surface area (Å²) < 4.78 is 3.43. The minimum absolute atomic E-state index is 0.829. The molecular weight excluding hydrogens is 360 g/mol. The van der Waals surface area contributed by atoms with E-state index in [1.807, 2.05) is 12.1 Å². The number of imidazole rings is 1. The number of para-hydroxylation sites is 2. The van der Waals surface area contributed by atoms with Gasteiger partial charge in [-0.1, -0.05) is 70.5 Å². The number of benzene rings is 3. The third kappa shape index (κ3) is 3.13. The summed E-state index contributed by atoms with van der Waals surface area (Å²) in [7, 11) is 0. The summed E-state index contributed by atoms with van der Waals surface area (Å²) in [6.45, 7) is 0.829. The molecule has 0 saturated heterocycles. The van der Waals surface area contributed by atoms with Crippen LogP contribution >= 0.6 is 15.9 Å². The molecule has 0 fully saturated rings. The Labute approximate surface area is 149 Å². The van der Waals surface area contributed by atoms with E-state index in [9.17, 15) is 0 Å². The molecule has 1 heterocycles. The van der Waals surface area contributed by atoms with Crippen molar-refractivity contribution in [3.63, 3.8) is 0 Å². The number of hydrogen-bond donors (Lipinski definition) is 0. The highest BCUT2D eigenvalue weighted by atomic mass is 79.9. The third-order valence-corrected chi connectivity index (χ3v) is 4.72. The average molecular weight is 377 g/mol. The van der Waals surface area contributed by atoms with Crippen LogP contribution in [0.1, 0.15) is 17.0 Å². The Morgan fingerprint density at radius 2 is 1.46 bits per heavy atom. The van der Waals surface area contributed by atoms with Crippen LogP contribution < -0.4 is 0 Å². The molecule has 0 aliphatic rings. The van der Waals surface area contributed by atoms with Crippen molar-refractivity contribution in [2.24, 2.45) is 0 Å². The number of hydrogen-bond acceptors (Lipinski definition) is 1. The Morgan fingerprint density at radius 3 is 2.25 bits per heavy atom. The minimum atomic E-state index is 0.829. The lowest BCUT2D eigenvalue weighted by molar-refractivity contribution is 0.762. The highest BCUT2D eigenvalue weighted by Gasteiger charge is 2.11. The van der Waals surface area contributed by atoms with Crippen molar-refractivity contribution < 1.29 is 0 Å². The number of rotatable bonds is 4. The van der Waals surface area contributed by atoms with Gasteiger partial charge in [0.25, 0.3) is 0 Å². The Kier molecular flexibility index (Phi) is 4.18. The fraction of sp³-hybridized carbons (Fsp3) is 0.0952. The molecule has 1 aromatic heterocycles. The summed E-state index contributed by atoms with van der Waals surface area (Å²) in [5.41, 5.74) is 4.80. The van der Waals surface area contributed by atoms with Crippen LogP contribution in [0.2, 0.25) is 0 Å². The van der Waals surface area contributed by atoms with Crippen LogP contribution in [-0.4, -0.2) is 9.55 Å². The van der Waals surface area contributed by atoms with Gasteiger partial charge >= 0.3 is 0 Å². The standard InChI is InChI=1S/C21H17BrN2/c22-18-12-10-17(11-13-18)15-24-20-9-5-4-8-19(20)23-21(24)14-16-6-2-1-3-7-16/h1-13H,14-15H2.